The van der Waals surface area contributed by atoms with E-state index in [1.807, 2.05) is 0 Å². The summed E-state index contributed by atoms with van der Waals surface area (Å²) >= 11 is 1.16. The van der Waals surface area contributed by atoms with Gasteiger partial charge in [-0.1, -0.05) is 42.1 Å². The minimum absolute atomic E-state index is 0.331. The second-order valence-corrected chi connectivity index (χ2v) is 7.77. The molecule has 9 heteroatoms. The molecule has 1 aromatic carbocycles. The molecule has 3 rings (SSSR count). The first-order chi connectivity index (χ1) is 12.2. The molecule has 0 aliphatic carbocycles. The van der Waals surface area contributed by atoms with Crippen molar-refractivity contribution in [3.63, 3.8) is 0 Å². The highest BCUT2D eigenvalue weighted by Crippen LogP contribution is 2.43. The van der Waals surface area contributed by atoms with Crippen LogP contribution in [0, 0.1) is 5.92 Å². The van der Waals surface area contributed by atoms with Crippen molar-refractivity contribution in [2.75, 3.05) is 14.1 Å². The van der Waals surface area contributed by atoms with E-state index in [2.05, 4.69) is 4.99 Å². The average Bonchev–Trinajstić information content (AvgIpc) is 3.01. The Kier molecular flexibility index (Phi) is 5.53. The first-order valence-corrected chi connectivity index (χ1v) is 9.10. The van der Waals surface area contributed by atoms with Crippen molar-refractivity contribution < 1.29 is 28.1 Å². The largest absolute Gasteiger partial charge is 0.394 e. The molecule has 0 bridgehead atoms. The molecular formula is C17H21F3N2O3S. The quantitative estimate of drug-likeness (QED) is 0.825. The van der Waals surface area contributed by atoms with E-state index in [4.69, 9.17) is 4.74 Å². The normalized spacial score (nSPS) is 32.7. The number of ether oxygens (including phenoxy) is 1. The summed E-state index contributed by atoms with van der Waals surface area (Å²) in [5.41, 5.74) is -0.261. The van der Waals surface area contributed by atoms with Gasteiger partial charge in [0.25, 0.3) is 0 Å². The zero-order valence-electron chi connectivity index (χ0n) is 14.3. The number of rotatable bonds is 3. The van der Waals surface area contributed by atoms with Crippen molar-refractivity contribution in [3.05, 3.63) is 35.9 Å². The number of halogens is 3. The summed E-state index contributed by atoms with van der Waals surface area (Å²) in [5, 5.41) is 21.3. The number of thioether (sulfide) groups is 1. The van der Waals surface area contributed by atoms with Crippen molar-refractivity contribution >= 4 is 16.9 Å². The van der Waals surface area contributed by atoms with Crippen LogP contribution in [0.15, 0.2) is 35.3 Å². The smallest absolute Gasteiger partial charge is 0.388 e. The third-order valence-corrected chi connectivity index (χ3v) is 5.89. The number of hydrogen-bond donors (Lipinski definition) is 2. The molecule has 0 amide bonds. The summed E-state index contributed by atoms with van der Waals surface area (Å²) in [5.74, 6) is -1.93. The second kappa shape index (κ2) is 7.38. The van der Waals surface area contributed by atoms with Gasteiger partial charge >= 0.3 is 6.18 Å². The lowest BCUT2D eigenvalue weighted by Crippen LogP contribution is -2.59. The molecule has 2 aliphatic rings. The Hall–Kier alpha value is -1.29. The number of alkyl halides is 3. The van der Waals surface area contributed by atoms with E-state index in [9.17, 15) is 23.4 Å². The molecule has 1 aromatic rings. The van der Waals surface area contributed by atoms with Crippen LogP contribution in [-0.4, -0.2) is 70.3 Å². The third kappa shape index (κ3) is 3.85. The van der Waals surface area contributed by atoms with Crippen molar-refractivity contribution in [1.82, 2.24) is 4.90 Å². The molecular weight excluding hydrogens is 369 g/mol. The molecule has 144 valence electrons. The van der Waals surface area contributed by atoms with E-state index in [0.29, 0.717) is 10.7 Å². The van der Waals surface area contributed by atoms with Crippen LogP contribution in [-0.2, 0) is 11.2 Å². The summed E-state index contributed by atoms with van der Waals surface area (Å²) in [6.07, 6.45) is -9.55. The zero-order valence-corrected chi connectivity index (χ0v) is 15.1. The van der Waals surface area contributed by atoms with Gasteiger partial charge in [0.05, 0.1) is 12.0 Å². The summed E-state index contributed by atoms with van der Waals surface area (Å²) in [4.78, 5) is 5.97. The molecule has 2 aliphatic heterocycles. The molecule has 1 saturated heterocycles. The highest BCUT2D eigenvalue weighted by Gasteiger charge is 2.56. The standard InChI is InChI=1S/C17H21F3N2O3S/c1-22(2)16-21-11-12(23)13(24)14(25-15(11)26-16)10(17(18,19)20)8-9-6-4-3-5-7-9/h3-7,10-15,23-24H,8H2,1-2H3. The van der Waals surface area contributed by atoms with Gasteiger partial charge < -0.3 is 19.8 Å². The number of aliphatic hydroxyl groups is 2. The third-order valence-electron chi connectivity index (χ3n) is 4.59. The fraction of sp³-hybridized carbons (Fsp3) is 0.588. The first kappa shape index (κ1) is 19.5. The van der Waals surface area contributed by atoms with E-state index in [1.165, 1.54) is 0 Å². The predicted molar refractivity (Wildman–Crippen MR) is 92.9 cm³/mol. The average molecular weight is 390 g/mol. The molecule has 2 N–H and O–H groups in total. The number of nitrogens with zero attached hydrogens (tertiary/aromatic N) is 2. The van der Waals surface area contributed by atoms with Crippen molar-refractivity contribution in [2.24, 2.45) is 10.9 Å². The lowest BCUT2D eigenvalue weighted by atomic mass is 9.85. The first-order valence-electron chi connectivity index (χ1n) is 8.22. The van der Waals surface area contributed by atoms with E-state index < -0.39 is 41.9 Å². The minimum Gasteiger partial charge on any atom is -0.388 e. The van der Waals surface area contributed by atoms with Gasteiger partial charge in [-0.05, 0) is 12.0 Å². The number of aliphatic hydroxyl groups excluding tert-OH is 2. The topological polar surface area (TPSA) is 65.3 Å². The molecule has 6 unspecified atom stereocenters. The number of hydrogen-bond acceptors (Lipinski definition) is 6. The van der Waals surface area contributed by atoms with Crippen LogP contribution in [0.3, 0.4) is 0 Å². The van der Waals surface area contributed by atoms with Crippen LogP contribution >= 0.6 is 11.8 Å². The number of benzene rings is 1. The minimum atomic E-state index is -4.58. The Morgan fingerprint density at radius 2 is 1.85 bits per heavy atom. The summed E-state index contributed by atoms with van der Waals surface area (Å²) in [6, 6.07) is 7.47. The Balaban J connectivity index is 1.84. The summed E-state index contributed by atoms with van der Waals surface area (Å²) in [6.45, 7) is 0. The maximum atomic E-state index is 13.7. The number of aliphatic imine (C=N–C) groups is 1. The van der Waals surface area contributed by atoms with Gasteiger partial charge in [0, 0.05) is 14.1 Å². The van der Waals surface area contributed by atoms with Gasteiger partial charge in [-0.25, -0.2) is 0 Å². The molecule has 0 saturated carbocycles. The molecule has 5 nitrogen and oxygen atoms in total. The fourth-order valence-corrected chi connectivity index (χ4v) is 4.36. The van der Waals surface area contributed by atoms with Crippen LogP contribution in [0.5, 0.6) is 0 Å². The lowest BCUT2D eigenvalue weighted by Gasteiger charge is -2.42. The molecule has 1 fully saturated rings. The molecule has 6 atom stereocenters. The summed E-state index contributed by atoms with van der Waals surface area (Å²) in [7, 11) is 3.49. The Bertz CT molecular complexity index is 656. The molecule has 2 heterocycles. The van der Waals surface area contributed by atoms with Crippen LogP contribution < -0.4 is 0 Å². The maximum absolute atomic E-state index is 13.7. The van der Waals surface area contributed by atoms with Gasteiger partial charge in [-0.2, -0.15) is 13.2 Å². The van der Waals surface area contributed by atoms with Crippen molar-refractivity contribution in [1.29, 1.82) is 0 Å². The van der Waals surface area contributed by atoms with E-state index in [1.54, 1.807) is 49.3 Å². The predicted octanol–water partition coefficient (Wildman–Crippen LogP) is 1.89. The van der Waals surface area contributed by atoms with Crippen LogP contribution in [0.4, 0.5) is 13.2 Å². The maximum Gasteiger partial charge on any atom is 0.394 e. The molecule has 0 aromatic heterocycles. The van der Waals surface area contributed by atoms with Crippen molar-refractivity contribution in [3.8, 4) is 0 Å². The van der Waals surface area contributed by atoms with Gasteiger partial charge in [0.2, 0.25) is 0 Å². The molecule has 0 spiro atoms. The monoisotopic (exact) mass is 390 g/mol. The molecule has 26 heavy (non-hydrogen) atoms. The highest BCUT2D eigenvalue weighted by atomic mass is 32.2. The highest BCUT2D eigenvalue weighted by molar-refractivity contribution is 8.14. The Morgan fingerprint density at radius 1 is 1.19 bits per heavy atom. The van der Waals surface area contributed by atoms with Gasteiger partial charge in [0.1, 0.15) is 23.7 Å². The Labute approximate surface area is 153 Å². The Morgan fingerprint density at radius 3 is 2.42 bits per heavy atom. The van der Waals surface area contributed by atoms with E-state index in [-0.39, 0.29) is 6.42 Å². The van der Waals surface area contributed by atoms with Crippen molar-refractivity contribution in [2.45, 2.75) is 42.4 Å². The number of fused-ring (bicyclic) bond motifs is 1. The van der Waals surface area contributed by atoms with Gasteiger partial charge in [-0.15, -0.1) is 0 Å². The zero-order chi connectivity index (χ0) is 19.1. The van der Waals surface area contributed by atoms with E-state index in [0.717, 1.165) is 11.8 Å². The SMILES string of the molecule is CN(C)C1=NC2C(OC(C(Cc3ccccc3)C(F)(F)F)C(O)C2O)S1. The summed E-state index contributed by atoms with van der Waals surface area (Å²) < 4.78 is 46.8. The lowest BCUT2D eigenvalue weighted by molar-refractivity contribution is -0.248. The van der Waals surface area contributed by atoms with E-state index >= 15 is 0 Å². The van der Waals surface area contributed by atoms with Crippen LogP contribution in [0.25, 0.3) is 0 Å². The van der Waals surface area contributed by atoms with Crippen LogP contribution in [0.2, 0.25) is 0 Å². The molecule has 0 radical (unpaired) electrons. The van der Waals surface area contributed by atoms with Gasteiger partial charge in [-0.3, -0.25) is 4.99 Å². The fourth-order valence-electron chi connectivity index (χ4n) is 3.21. The second-order valence-electron chi connectivity index (χ2n) is 6.70. The number of amidine groups is 1. The van der Waals surface area contributed by atoms with Crippen LogP contribution in [0.1, 0.15) is 5.56 Å². The van der Waals surface area contributed by atoms with Gasteiger partial charge in [0.15, 0.2) is 5.17 Å².